The van der Waals surface area contributed by atoms with Crippen LogP contribution in [0.15, 0.2) is 42.6 Å². The minimum absolute atomic E-state index is 0. The first-order valence-corrected chi connectivity index (χ1v) is 10.2. The minimum atomic E-state index is -0.944. The number of aryl methyl sites for hydroxylation is 1. The van der Waals surface area contributed by atoms with E-state index >= 15 is 0 Å². The van der Waals surface area contributed by atoms with Gasteiger partial charge in [0.05, 0.1) is 16.3 Å². The fraction of sp³-hybridized carbons (Fsp3) is 0.273. The van der Waals surface area contributed by atoms with E-state index in [1.807, 2.05) is 0 Å². The number of hydrogen-bond acceptors (Lipinski definition) is 3. The molecular formula is C22H21Cl2F3N4O. The molecule has 2 aromatic carbocycles. The highest BCUT2D eigenvalue weighted by Crippen LogP contribution is 2.30. The molecule has 1 saturated heterocycles. The summed E-state index contributed by atoms with van der Waals surface area (Å²) in [6, 6.07) is 7.74. The zero-order valence-electron chi connectivity index (χ0n) is 17.0. The summed E-state index contributed by atoms with van der Waals surface area (Å²) in [4.78, 5) is 12.9. The summed E-state index contributed by atoms with van der Waals surface area (Å²) in [6.07, 6.45) is 2.18. The number of aromatic nitrogens is 2. The lowest BCUT2D eigenvalue weighted by Crippen LogP contribution is -2.50. The van der Waals surface area contributed by atoms with E-state index in [9.17, 15) is 18.0 Å². The lowest BCUT2D eigenvalue weighted by atomic mass is 9.85. The van der Waals surface area contributed by atoms with Crippen molar-refractivity contribution in [1.82, 2.24) is 20.4 Å². The number of rotatable bonds is 4. The van der Waals surface area contributed by atoms with Crippen molar-refractivity contribution >= 4 is 29.9 Å². The van der Waals surface area contributed by atoms with Gasteiger partial charge in [0.25, 0.3) is 5.91 Å². The molecule has 170 valence electrons. The average Bonchev–Trinajstić information content (AvgIpc) is 3.16. The summed E-state index contributed by atoms with van der Waals surface area (Å²) in [5, 5.41) is 9.99. The Bertz CT molecular complexity index is 1120. The van der Waals surface area contributed by atoms with Crippen molar-refractivity contribution in [3.8, 4) is 11.3 Å². The van der Waals surface area contributed by atoms with Gasteiger partial charge in [-0.25, -0.2) is 13.2 Å². The highest BCUT2D eigenvalue weighted by atomic mass is 35.5. The van der Waals surface area contributed by atoms with Gasteiger partial charge in [-0.2, -0.15) is 5.10 Å². The zero-order valence-corrected chi connectivity index (χ0v) is 18.6. The molecule has 1 aliphatic rings. The number of carbonyl (C=O) groups is 1. The first-order chi connectivity index (χ1) is 14.8. The molecule has 3 aromatic rings. The van der Waals surface area contributed by atoms with E-state index in [2.05, 4.69) is 15.7 Å². The molecule has 0 unspecified atom stereocenters. The van der Waals surface area contributed by atoms with Crippen LogP contribution in [0, 0.1) is 17.5 Å². The van der Waals surface area contributed by atoms with Gasteiger partial charge >= 0.3 is 0 Å². The molecular weight excluding hydrogens is 464 g/mol. The van der Waals surface area contributed by atoms with Crippen molar-refractivity contribution < 1.29 is 18.0 Å². The number of hydrogen-bond donors (Lipinski definition) is 2. The SMILES string of the molecule is Cl.Cn1nccc1-c1cc(F)c(C(=O)N[C@@H]2CNCC[C@H]2c2ccc(F)c(F)c2)c(Cl)c1. The average molecular weight is 485 g/mol. The number of benzene rings is 2. The van der Waals surface area contributed by atoms with Gasteiger partial charge in [-0.3, -0.25) is 9.48 Å². The van der Waals surface area contributed by atoms with E-state index < -0.39 is 29.4 Å². The quantitative estimate of drug-likeness (QED) is 0.574. The van der Waals surface area contributed by atoms with Crippen LogP contribution in [0.3, 0.4) is 0 Å². The predicted octanol–water partition coefficient (Wildman–Crippen LogP) is 4.46. The maximum atomic E-state index is 14.9. The minimum Gasteiger partial charge on any atom is -0.347 e. The fourth-order valence-corrected chi connectivity index (χ4v) is 4.28. The Balaban J connectivity index is 0.00000289. The van der Waals surface area contributed by atoms with Gasteiger partial charge in [-0.05, 0) is 48.9 Å². The third-order valence-electron chi connectivity index (χ3n) is 5.56. The normalized spacial score (nSPS) is 18.2. The molecule has 0 radical (unpaired) electrons. The maximum absolute atomic E-state index is 14.9. The van der Waals surface area contributed by atoms with Crippen molar-refractivity contribution in [2.75, 3.05) is 13.1 Å². The predicted molar refractivity (Wildman–Crippen MR) is 119 cm³/mol. The first kappa shape index (κ1) is 24.1. The van der Waals surface area contributed by atoms with E-state index in [0.29, 0.717) is 36.3 Å². The summed E-state index contributed by atoms with van der Waals surface area (Å²) in [5.41, 5.74) is 1.46. The van der Waals surface area contributed by atoms with E-state index in [0.717, 1.165) is 12.1 Å². The first-order valence-electron chi connectivity index (χ1n) is 9.79. The van der Waals surface area contributed by atoms with Gasteiger partial charge in [0.1, 0.15) is 5.82 Å². The van der Waals surface area contributed by atoms with Gasteiger partial charge in [0.2, 0.25) is 0 Å². The topological polar surface area (TPSA) is 59.0 Å². The highest BCUT2D eigenvalue weighted by Gasteiger charge is 2.30. The van der Waals surface area contributed by atoms with Crippen molar-refractivity contribution in [2.45, 2.75) is 18.4 Å². The summed E-state index contributed by atoms with van der Waals surface area (Å²) in [7, 11) is 1.72. The van der Waals surface area contributed by atoms with Crippen LogP contribution in [-0.2, 0) is 7.05 Å². The van der Waals surface area contributed by atoms with Crippen molar-refractivity contribution in [3.05, 3.63) is 76.2 Å². The highest BCUT2D eigenvalue weighted by molar-refractivity contribution is 6.34. The molecule has 2 N–H and O–H groups in total. The Morgan fingerprint density at radius 2 is 1.94 bits per heavy atom. The Hall–Kier alpha value is -2.55. The van der Waals surface area contributed by atoms with Gasteiger partial charge in [-0.1, -0.05) is 17.7 Å². The van der Waals surface area contributed by atoms with Crippen LogP contribution in [0.5, 0.6) is 0 Å². The van der Waals surface area contributed by atoms with Crippen LogP contribution in [-0.4, -0.2) is 34.8 Å². The molecule has 0 spiro atoms. The van der Waals surface area contributed by atoms with Crippen molar-refractivity contribution in [3.63, 3.8) is 0 Å². The third kappa shape index (κ3) is 4.77. The Morgan fingerprint density at radius 3 is 2.59 bits per heavy atom. The fourth-order valence-electron chi connectivity index (χ4n) is 3.99. The lowest BCUT2D eigenvalue weighted by molar-refractivity contribution is 0.0920. The molecule has 4 rings (SSSR count). The zero-order chi connectivity index (χ0) is 22.1. The molecule has 1 amide bonds. The molecule has 2 atom stereocenters. The standard InChI is InChI=1S/C22H20ClF3N4O.ClH/c1-30-20(5-7-28-30)13-8-15(23)21(18(26)10-13)22(31)29-19-11-27-6-4-14(19)12-2-3-16(24)17(25)9-12;/h2-3,5,7-10,14,19,27H,4,6,11H2,1H3,(H,29,31);1H/t14-,19+;/m0./s1. The maximum Gasteiger partial charge on any atom is 0.256 e. The number of amides is 1. The second kappa shape index (κ2) is 9.94. The number of carbonyl (C=O) groups excluding carboxylic acids is 1. The molecule has 5 nitrogen and oxygen atoms in total. The summed E-state index contributed by atoms with van der Waals surface area (Å²) in [5.74, 6) is -3.55. The molecule has 0 saturated carbocycles. The molecule has 0 aliphatic carbocycles. The van der Waals surface area contributed by atoms with E-state index in [-0.39, 0.29) is 28.9 Å². The Kier molecular flexibility index (Phi) is 7.48. The van der Waals surface area contributed by atoms with Crippen LogP contribution in [0.1, 0.15) is 28.3 Å². The largest absolute Gasteiger partial charge is 0.347 e. The number of nitrogens with zero attached hydrogens (tertiary/aromatic N) is 2. The van der Waals surface area contributed by atoms with E-state index in [1.165, 1.54) is 18.2 Å². The summed E-state index contributed by atoms with van der Waals surface area (Å²) < 4.78 is 43.5. The second-order valence-corrected chi connectivity index (χ2v) is 7.91. The third-order valence-corrected chi connectivity index (χ3v) is 5.85. The monoisotopic (exact) mass is 484 g/mol. The van der Waals surface area contributed by atoms with Gasteiger partial charge in [-0.15, -0.1) is 12.4 Å². The summed E-state index contributed by atoms with van der Waals surface area (Å²) in [6.45, 7) is 1.06. The lowest BCUT2D eigenvalue weighted by Gasteiger charge is -2.33. The number of halogens is 5. The molecule has 10 heteroatoms. The Labute approximate surface area is 194 Å². The molecule has 2 heterocycles. The van der Waals surface area contributed by atoms with Crippen molar-refractivity contribution in [1.29, 1.82) is 0 Å². The Morgan fingerprint density at radius 1 is 1.16 bits per heavy atom. The van der Waals surface area contributed by atoms with Gasteiger partial charge in [0, 0.05) is 37.3 Å². The van der Waals surface area contributed by atoms with Gasteiger partial charge in [0.15, 0.2) is 11.6 Å². The van der Waals surface area contributed by atoms with Crippen LogP contribution in [0.4, 0.5) is 13.2 Å². The number of piperidine rings is 1. The van der Waals surface area contributed by atoms with Crippen molar-refractivity contribution in [2.24, 2.45) is 7.05 Å². The number of nitrogens with one attached hydrogen (secondary N) is 2. The van der Waals surface area contributed by atoms with Crippen LogP contribution < -0.4 is 10.6 Å². The molecule has 0 bridgehead atoms. The van der Waals surface area contributed by atoms with Crippen LogP contribution >= 0.6 is 24.0 Å². The molecule has 32 heavy (non-hydrogen) atoms. The summed E-state index contributed by atoms with van der Waals surface area (Å²) >= 11 is 6.27. The van der Waals surface area contributed by atoms with Gasteiger partial charge < -0.3 is 10.6 Å². The van der Waals surface area contributed by atoms with E-state index in [4.69, 9.17) is 11.6 Å². The molecule has 1 aromatic heterocycles. The van der Waals surface area contributed by atoms with Crippen LogP contribution in [0.25, 0.3) is 11.3 Å². The van der Waals surface area contributed by atoms with E-state index in [1.54, 1.807) is 24.0 Å². The second-order valence-electron chi connectivity index (χ2n) is 7.51. The smallest absolute Gasteiger partial charge is 0.256 e. The van der Waals surface area contributed by atoms with Crippen LogP contribution in [0.2, 0.25) is 5.02 Å². The molecule has 1 aliphatic heterocycles. The molecule has 1 fully saturated rings.